The van der Waals surface area contributed by atoms with Crippen molar-refractivity contribution in [1.29, 1.82) is 0 Å². The molecule has 0 amide bonds. The number of fused-ring (bicyclic) bond motifs is 1. The van der Waals surface area contributed by atoms with Gasteiger partial charge in [-0.3, -0.25) is 4.99 Å². The second-order valence-corrected chi connectivity index (χ2v) is 6.96. The van der Waals surface area contributed by atoms with E-state index in [1.54, 1.807) is 19.2 Å². The summed E-state index contributed by atoms with van der Waals surface area (Å²) in [5.74, 6) is 3.32. The molecule has 146 valence electrons. The number of nitrogens with one attached hydrogen (secondary N) is 2. The number of nitrogens with zero attached hydrogens (tertiary/aromatic N) is 6. The monoisotopic (exact) mass is 400 g/mol. The van der Waals surface area contributed by atoms with Crippen LogP contribution in [0.4, 0.5) is 0 Å². The third-order valence-corrected chi connectivity index (χ3v) is 4.71. The van der Waals surface area contributed by atoms with Crippen LogP contribution in [0.15, 0.2) is 33.8 Å². The van der Waals surface area contributed by atoms with Crippen LogP contribution >= 0.6 is 11.6 Å². The first-order valence-corrected chi connectivity index (χ1v) is 9.47. The molecule has 1 unspecified atom stereocenters. The Morgan fingerprint density at radius 2 is 2.29 bits per heavy atom. The van der Waals surface area contributed by atoms with Crippen molar-refractivity contribution in [3.05, 3.63) is 46.8 Å². The topological polar surface area (TPSA) is 106 Å². The summed E-state index contributed by atoms with van der Waals surface area (Å²) in [5, 5.41) is 15.7. The van der Waals surface area contributed by atoms with Gasteiger partial charge >= 0.3 is 0 Å². The third-order valence-electron chi connectivity index (χ3n) is 4.47. The van der Waals surface area contributed by atoms with Gasteiger partial charge in [0.25, 0.3) is 0 Å². The average molecular weight is 401 g/mol. The molecule has 0 fully saturated rings. The van der Waals surface area contributed by atoms with E-state index in [1.165, 1.54) is 0 Å². The number of hydrogen-bond acceptors (Lipinski definition) is 6. The Labute approximate surface area is 167 Å². The molecular formula is C18H21ClN8O. The Balaban J connectivity index is 1.39. The van der Waals surface area contributed by atoms with Crippen LogP contribution in [0.25, 0.3) is 11.4 Å². The van der Waals surface area contributed by atoms with E-state index in [9.17, 15) is 0 Å². The summed E-state index contributed by atoms with van der Waals surface area (Å²) < 4.78 is 7.28. The lowest BCUT2D eigenvalue weighted by atomic mass is 10.1. The smallest absolute Gasteiger partial charge is 0.246 e. The van der Waals surface area contributed by atoms with Crippen molar-refractivity contribution >= 4 is 17.6 Å². The Hall–Kier alpha value is -2.94. The summed E-state index contributed by atoms with van der Waals surface area (Å²) in [5.41, 5.74) is 0.807. The highest BCUT2D eigenvalue weighted by atomic mass is 35.5. The molecule has 0 spiro atoms. The highest BCUT2D eigenvalue weighted by Gasteiger charge is 2.24. The number of halogens is 1. The Morgan fingerprint density at radius 3 is 3.11 bits per heavy atom. The zero-order valence-corrected chi connectivity index (χ0v) is 16.4. The quantitative estimate of drug-likeness (QED) is 0.511. The second-order valence-electron chi connectivity index (χ2n) is 6.53. The summed E-state index contributed by atoms with van der Waals surface area (Å²) in [6, 6.07) is 7.39. The van der Waals surface area contributed by atoms with Gasteiger partial charge in [-0.1, -0.05) is 28.9 Å². The van der Waals surface area contributed by atoms with Crippen molar-refractivity contribution in [2.24, 2.45) is 4.99 Å². The largest absolute Gasteiger partial charge is 0.347 e. The number of aryl methyl sites for hydroxylation is 2. The molecule has 4 rings (SSSR count). The van der Waals surface area contributed by atoms with Crippen LogP contribution in [0.5, 0.6) is 0 Å². The lowest BCUT2D eigenvalue weighted by molar-refractivity contribution is 0.372. The highest BCUT2D eigenvalue weighted by Crippen LogP contribution is 2.23. The van der Waals surface area contributed by atoms with Gasteiger partial charge < -0.3 is 15.2 Å². The second kappa shape index (κ2) is 7.97. The minimum absolute atomic E-state index is 0.0610. The van der Waals surface area contributed by atoms with E-state index < -0.39 is 0 Å². The average Bonchev–Trinajstić information content (AvgIpc) is 3.31. The fraction of sp³-hybridized carbons (Fsp3) is 0.389. The van der Waals surface area contributed by atoms with Gasteiger partial charge in [0.15, 0.2) is 5.96 Å². The molecule has 3 aromatic rings. The summed E-state index contributed by atoms with van der Waals surface area (Å²) >= 11 is 6.02. The van der Waals surface area contributed by atoms with Crippen LogP contribution in [0.1, 0.15) is 36.4 Å². The molecule has 1 atom stereocenters. The van der Waals surface area contributed by atoms with Crippen LogP contribution in [0, 0.1) is 6.92 Å². The van der Waals surface area contributed by atoms with Crippen molar-refractivity contribution in [2.45, 2.75) is 38.9 Å². The predicted molar refractivity (Wildman–Crippen MR) is 105 cm³/mol. The molecule has 2 aromatic heterocycles. The van der Waals surface area contributed by atoms with Gasteiger partial charge in [-0.15, -0.1) is 0 Å². The first-order valence-electron chi connectivity index (χ1n) is 9.09. The van der Waals surface area contributed by atoms with Crippen molar-refractivity contribution in [1.82, 2.24) is 35.5 Å². The highest BCUT2D eigenvalue weighted by molar-refractivity contribution is 6.30. The first kappa shape index (κ1) is 18.4. The number of rotatable bonds is 4. The number of hydrogen-bond donors (Lipinski definition) is 2. The van der Waals surface area contributed by atoms with E-state index in [4.69, 9.17) is 16.1 Å². The molecule has 0 radical (unpaired) electrons. The Bertz CT molecular complexity index is 995. The van der Waals surface area contributed by atoms with E-state index in [-0.39, 0.29) is 6.04 Å². The Morgan fingerprint density at radius 1 is 1.39 bits per heavy atom. The molecule has 1 aliphatic rings. The molecule has 9 nitrogen and oxygen atoms in total. The molecule has 0 saturated heterocycles. The summed E-state index contributed by atoms with van der Waals surface area (Å²) in [7, 11) is 1.72. The molecule has 2 N–H and O–H groups in total. The van der Waals surface area contributed by atoms with E-state index in [0.29, 0.717) is 29.2 Å². The maximum atomic E-state index is 6.02. The van der Waals surface area contributed by atoms with Crippen molar-refractivity contribution < 1.29 is 4.52 Å². The number of aliphatic imine (C=N–C) groups is 1. The molecule has 28 heavy (non-hydrogen) atoms. The van der Waals surface area contributed by atoms with E-state index in [0.717, 1.165) is 36.6 Å². The molecular weight excluding hydrogens is 380 g/mol. The van der Waals surface area contributed by atoms with E-state index >= 15 is 0 Å². The normalized spacial score (nSPS) is 16.7. The van der Waals surface area contributed by atoms with Gasteiger partial charge in [-0.05, 0) is 31.9 Å². The van der Waals surface area contributed by atoms with Crippen molar-refractivity contribution in [3.8, 4) is 11.4 Å². The molecule has 1 aliphatic heterocycles. The maximum Gasteiger partial charge on any atom is 0.246 e. The predicted octanol–water partition coefficient (Wildman–Crippen LogP) is 2.49. The Kier molecular flexibility index (Phi) is 5.25. The van der Waals surface area contributed by atoms with Crippen LogP contribution in [0.2, 0.25) is 5.02 Å². The van der Waals surface area contributed by atoms with Gasteiger partial charge in [-0.2, -0.15) is 10.1 Å². The lowest BCUT2D eigenvalue weighted by Crippen LogP contribution is -2.41. The van der Waals surface area contributed by atoms with E-state index in [2.05, 4.69) is 35.8 Å². The van der Waals surface area contributed by atoms with Gasteiger partial charge in [0, 0.05) is 24.2 Å². The standard InChI is InChI=1S/C18H21ClN8O/c1-11-22-17-14(7-4-8-27(17)25-11)23-18(20-2)21-10-15-24-16(26-28-15)12-5-3-6-13(19)9-12/h3,5-6,9,14H,4,7-8,10H2,1-2H3,(H2,20,21,23). The minimum Gasteiger partial charge on any atom is -0.347 e. The number of guanidine groups is 1. The van der Waals surface area contributed by atoms with Crippen molar-refractivity contribution in [2.75, 3.05) is 7.05 Å². The zero-order valence-electron chi connectivity index (χ0n) is 15.7. The summed E-state index contributed by atoms with van der Waals surface area (Å²) in [6.07, 6.45) is 2.01. The molecule has 0 saturated carbocycles. The molecule has 3 heterocycles. The zero-order chi connectivity index (χ0) is 19.5. The number of benzene rings is 1. The third kappa shape index (κ3) is 3.99. The first-order chi connectivity index (χ1) is 13.6. The molecule has 10 heteroatoms. The van der Waals surface area contributed by atoms with Crippen LogP contribution in [-0.4, -0.2) is 37.9 Å². The number of aromatic nitrogens is 5. The van der Waals surface area contributed by atoms with Gasteiger partial charge in [0.1, 0.15) is 11.6 Å². The van der Waals surface area contributed by atoms with Gasteiger partial charge in [-0.25, -0.2) is 9.67 Å². The molecule has 0 bridgehead atoms. The van der Waals surface area contributed by atoms with Crippen LogP contribution in [0.3, 0.4) is 0 Å². The molecule has 1 aromatic carbocycles. The summed E-state index contributed by atoms with van der Waals surface area (Å²) in [6.45, 7) is 3.16. The SMILES string of the molecule is CN=C(NCc1nc(-c2cccc(Cl)c2)no1)NC1CCCn2nc(C)nc21. The summed E-state index contributed by atoms with van der Waals surface area (Å²) in [4.78, 5) is 13.2. The molecule has 0 aliphatic carbocycles. The fourth-order valence-electron chi connectivity index (χ4n) is 3.20. The minimum atomic E-state index is 0.0610. The van der Waals surface area contributed by atoms with Crippen LogP contribution < -0.4 is 10.6 Å². The van der Waals surface area contributed by atoms with Crippen LogP contribution in [-0.2, 0) is 13.1 Å². The lowest BCUT2D eigenvalue weighted by Gasteiger charge is -2.24. The van der Waals surface area contributed by atoms with Gasteiger partial charge in [0.05, 0.1) is 12.6 Å². The van der Waals surface area contributed by atoms with Gasteiger partial charge in [0.2, 0.25) is 11.7 Å². The maximum absolute atomic E-state index is 6.02. The van der Waals surface area contributed by atoms with E-state index in [1.807, 2.05) is 23.7 Å². The van der Waals surface area contributed by atoms with Crippen molar-refractivity contribution in [3.63, 3.8) is 0 Å². The fourth-order valence-corrected chi connectivity index (χ4v) is 3.39.